The summed E-state index contributed by atoms with van der Waals surface area (Å²) in [7, 11) is 0. The maximum atomic E-state index is 13.8. The van der Waals surface area contributed by atoms with Gasteiger partial charge in [-0.05, 0) is 23.1 Å². The van der Waals surface area contributed by atoms with Crippen LogP contribution < -0.4 is 4.74 Å². The fourth-order valence-corrected chi connectivity index (χ4v) is 2.55. The summed E-state index contributed by atoms with van der Waals surface area (Å²) in [5.41, 5.74) is 1.85. The van der Waals surface area contributed by atoms with Crippen molar-refractivity contribution in [1.29, 1.82) is 0 Å². The molecule has 2 heteroatoms. The zero-order valence-corrected chi connectivity index (χ0v) is 9.48. The Kier molecular flexibility index (Phi) is 1.78. The molecule has 0 radical (unpaired) electrons. The Balaban J connectivity index is 2.21. The Morgan fingerprint density at radius 2 is 1.50 bits per heavy atom. The van der Waals surface area contributed by atoms with Crippen LogP contribution in [0.1, 0.15) is 0 Å². The molecule has 1 heterocycles. The average molecular weight is 236 g/mol. The van der Waals surface area contributed by atoms with Gasteiger partial charge in [-0.15, -0.1) is 0 Å². The molecule has 0 bridgehead atoms. The lowest BCUT2D eigenvalue weighted by atomic mass is 9.95. The molecule has 0 saturated heterocycles. The Morgan fingerprint density at radius 3 is 2.39 bits per heavy atom. The quantitative estimate of drug-likeness (QED) is 0.428. The highest BCUT2D eigenvalue weighted by Gasteiger charge is 2.21. The molecule has 3 aromatic rings. The summed E-state index contributed by atoms with van der Waals surface area (Å²) in [5.74, 6) is 0.725. The number of hydrogen-bond donors (Lipinski definition) is 0. The Morgan fingerprint density at radius 1 is 0.778 bits per heavy atom. The highest BCUT2D eigenvalue weighted by atomic mass is 19.1. The van der Waals surface area contributed by atoms with Gasteiger partial charge in [-0.25, -0.2) is 4.39 Å². The summed E-state index contributed by atoms with van der Waals surface area (Å²) < 4.78 is 19.5. The standard InChI is InChI=1S/C16H9FO/c17-13-8-3-7-12-11-6-1-4-10-5-2-9-14(15(10)11)18-16(12)13/h1-9H. The van der Waals surface area contributed by atoms with Crippen molar-refractivity contribution < 1.29 is 9.13 Å². The van der Waals surface area contributed by atoms with Crippen LogP contribution in [0.2, 0.25) is 0 Å². The molecule has 1 aliphatic heterocycles. The fraction of sp³-hybridized carbons (Fsp3) is 0. The summed E-state index contributed by atoms with van der Waals surface area (Å²) in [6.07, 6.45) is 0. The molecule has 0 unspecified atom stereocenters. The first kappa shape index (κ1) is 9.66. The molecule has 0 N–H and O–H groups in total. The zero-order chi connectivity index (χ0) is 12.1. The van der Waals surface area contributed by atoms with Gasteiger partial charge in [-0.1, -0.05) is 42.5 Å². The van der Waals surface area contributed by atoms with E-state index in [9.17, 15) is 4.39 Å². The molecule has 86 valence electrons. The van der Waals surface area contributed by atoms with Gasteiger partial charge in [0.15, 0.2) is 11.6 Å². The van der Waals surface area contributed by atoms with Crippen molar-refractivity contribution in [3.05, 3.63) is 60.4 Å². The molecule has 18 heavy (non-hydrogen) atoms. The largest absolute Gasteiger partial charge is 0.453 e. The van der Waals surface area contributed by atoms with Crippen molar-refractivity contribution in [2.75, 3.05) is 0 Å². The summed E-state index contributed by atoms with van der Waals surface area (Å²) in [4.78, 5) is 0. The van der Waals surface area contributed by atoms with E-state index in [1.807, 2.05) is 42.5 Å². The van der Waals surface area contributed by atoms with Crippen LogP contribution in [-0.2, 0) is 0 Å². The first-order valence-electron chi connectivity index (χ1n) is 5.83. The van der Waals surface area contributed by atoms with Gasteiger partial charge in [0, 0.05) is 10.9 Å². The van der Waals surface area contributed by atoms with Crippen LogP contribution in [0.5, 0.6) is 11.5 Å². The van der Waals surface area contributed by atoms with E-state index in [0.29, 0.717) is 5.75 Å². The van der Waals surface area contributed by atoms with E-state index in [0.717, 1.165) is 27.6 Å². The van der Waals surface area contributed by atoms with E-state index in [-0.39, 0.29) is 5.82 Å². The maximum Gasteiger partial charge on any atom is 0.170 e. The molecule has 0 fully saturated rings. The van der Waals surface area contributed by atoms with Crippen molar-refractivity contribution >= 4 is 10.8 Å². The average Bonchev–Trinajstić information content (AvgIpc) is 2.41. The maximum absolute atomic E-state index is 13.8. The van der Waals surface area contributed by atoms with Gasteiger partial charge in [0.1, 0.15) is 5.75 Å². The van der Waals surface area contributed by atoms with E-state index in [1.54, 1.807) is 6.07 Å². The lowest BCUT2D eigenvalue weighted by Crippen LogP contribution is -1.98. The predicted octanol–water partition coefficient (Wildman–Crippen LogP) is 4.75. The summed E-state index contributed by atoms with van der Waals surface area (Å²) in [5, 5.41) is 2.16. The molecule has 4 rings (SSSR count). The molecule has 0 spiro atoms. The van der Waals surface area contributed by atoms with Crippen molar-refractivity contribution in [3.63, 3.8) is 0 Å². The summed E-state index contributed by atoms with van der Waals surface area (Å²) in [6, 6.07) is 16.9. The van der Waals surface area contributed by atoms with E-state index in [2.05, 4.69) is 0 Å². The fourth-order valence-electron chi connectivity index (χ4n) is 2.55. The van der Waals surface area contributed by atoms with Crippen LogP contribution in [-0.4, -0.2) is 0 Å². The number of halogens is 1. The van der Waals surface area contributed by atoms with Crippen LogP contribution in [0.3, 0.4) is 0 Å². The van der Waals surface area contributed by atoms with Gasteiger partial charge in [0.25, 0.3) is 0 Å². The van der Waals surface area contributed by atoms with Crippen LogP contribution >= 0.6 is 0 Å². The second-order valence-electron chi connectivity index (χ2n) is 4.38. The third-order valence-corrected chi connectivity index (χ3v) is 3.34. The lowest BCUT2D eigenvalue weighted by molar-refractivity contribution is 0.445. The van der Waals surface area contributed by atoms with Gasteiger partial charge < -0.3 is 4.74 Å². The molecule has 1 aliphatic rings. The van der Waals surface area contributed by atoms with Crippen LogP contribution in [0.15, 0.2) is 54.6 Å². The third kappa shape index (κ3) is 1.15. The van der Waals surface area contributed by atoms with Gasteiger partial charge in [-0.3, -0.25) is 0 Å². The summed E-state index contributed by atoms with van der Waals surface area (Å²) >= 11 is 0. The van der Waals surface area contributed by atoms with Gasteiger partial charge in [0.05, 0.1) is 0 Å². The zero-order valence-electron chi connectivity index (χ0n) is 9.48. The molecule has 0 saturated carbocycles. The van der Waals surface area contributed by atoms with Crippen molar-refractivity contribution in [2.24, 2.45) is 0 Å². The number of ether oxygens (including phenoxy) is 1. The second kappa shape index (κ2) is 3.33. The topological polar surface area (TPSA) is 9.23 Å². The second-order valence-corrected chi connectivity index (χ2v) is 4.38. The Bertz CT molecular complexity index is 772. The van der Waals surface area contributed by atoms with Crippen LogP contribution in [0.25, 0.3) is 21.9 Å². The van der Waals surface area contributed by atoms with Gasteiger partial charge in [0.2, 0.25) is 0 Å². The monoisotopic (exact) mass is 236 g/mol. The Labute approximate surface area is 103 Å². The van der Waals surface area contributed by atoms with E-state index in [4.69, 9.17) is 4.74 Å². The number of para-hydroxylation sites is 1. The Hall–Kier alpha value is -2.35. The van der Waals surface area contributed by atoms with Gasteiger partial charge >= 0.3 is 0 Å². The summed E-state index contributed by atoms with van der Waals surface area (Å²) in [6.45, 7) is 0. The molecular weight excluding hydrogens is 227 g/mol. The van der Waals surface area contributed by atoms with Gasteiger partial charge in [-0.2, -0.15) is 0 Å². The van der Waals surface area contributed by atoms with Crippen molar-refractivity contribution in [3.8, 4) is 22.6 Å². The SMILES string of the molecule is Fc1cccc2c1Oc1cccc3cccc-2c13. The van der Waals surface area contributed by atoms with E-state index in [1.165, 1.54) is 6.07 Å². The van der Waals surface area contributed by atoms with E-state index >= 15 is 0 Å². The first-order chi connectivity index (χ1) is 8.84. The van der Waals surface area contributed by atoms with E-state index < -0.39 is 0 Å². The van der Waals surface area contributed by atoms with Crippen LogP contribution in [0.4, 0.5) is 4.39 Å². The molecule has 0 amide bonds. The minimum absolute atomic E-state index is 0.320. The first-order valence-corrected chi connectivity index (χ1v) is 5.83. The molecule has 1 nitrogen and oxygen atoms in total. The molecule has 3 aromatic carbocycles. The number of rotatable bonds is 0. The minimum Gasteiger partial charge on any atom is -0.453 e. The molecule has 0 atom stereocenters. The normalized spacial score (nSPS) is 12.1. The van der Waals surface area contributed by atoms with Crippen molar-refractivity contribution in [1.82, 2.24) is 0 Å². The highest BCUT2D eigenvalue weighted by Crippen LogP contribution is 2.46. The number of benzene rings is 3. The highest BCUT2D eigenvalue weighted by molar-refractivity contribution is 6.03. The smallest absolute Gasteiger partial charge is 0.170 e. The molecular formula is C16H9FO. The van der Waals surface area contributed by atoms with Crippen LogP contribution in [0, 0.1) is 5.82 Å². The number of hydrogen-bond acceptors (Lipinski definition) is 1. The minimum atomic E-state index is -0.320. The van der Waals surface area contributed by atoms with Crippen molar-refractivity contribution in [2.45, 2.75) is 0 Å². The molecule has 0 aromatic heterocycles. The lowest BCUT2D eigenvalue weighted by Gasteiger charge is -2.21. The molecule has 0 aliphatic carbocycles. The number of fused-ring (bicyclic) bond motifs is 2. The third-order valence-electron chi connectivity index (χ3n) is 3.34. The predicted molar refractivity (Wildman–Crippen MR) is 69.4 cm³/mol.